The predicted octanol–water partition coefficient (Wildman–Crippen LogP) is 3.24. The number of allylic oxidation sites excluding steroid dienone is 1. The molecule has 2 unspecified atom stereocenters. The molecule has 1 fully saturated rings. The Balaban J connectivity index is 2.77. The molecule has 0 heterocycles. The number of hydrogen-bond donors (Lipinski definition) is 0. The van der Waals surface area contributed by atoms with Crippen molar-refractivity contribution < 1.29 is 17.6 Å². The van der Waals surface area contributed by atoms with Crippen molar-refractivity contribution in [2.75, 3.05) is 0 Å². The minimum atomic E-state index is -4.46. The zero-order chi connectivity index (χ0) is 9.35. The first kappa shape index (κ1) is 9.55. The van der Waals surface area contributed by atoms with E-state index < -0.39 is 18.3 Å². The van der Waals surface area contributed by atoms with Crippen LogP contribution in [0.4, 0.5) is 17.6 Å². The summed E-state index contributed by atoms with van der Waals surface area (Å²) in [5.74, 6) is -1.92. The largest absolute Gasteiger partial charge is 0.398 e. The van der Waals surface area contributed by atoms with Crippen LogP contribution in [0.2, 0.25) is 0 Å². The van der Waals surface area contributed by atoms with E-state index >= 15 is 0 Å². The van der Waals surface area contributed by atoms with Crippen LogP contribution in [0, 0.1) is 5.92 Å². The maximum atomic E-state index is 12.8. The van der Waals surface area contributed by atoms with E-state index in [-0.39, 0.29) is 12.0 Å². The van der Waals surface area contributed by atoms with Gasteiger partial charge < -0.3 is 0 Å². The maximum Gasteiger partial charge on any atom is 0.398 e. The highest BCUT2D eigenvalue weighted by atomic mass is 19.4. The molecule has 0 saturated heterocycles. The van der Waals surface area contributed by atoms with E-state index in [1.807, 2.05) is 0 Å². The normalized spacial score (nSPS) is 32.2. The lowest BCUT2D eigenvalue weighted by atomic mass is 9.83. The van der Waals surface area contributed by atoms with Gasteiger partial charge in [-0.15, -0.1) is 0 Å². The first-order chi connectivity index (χ1) is 5.43. The Hall–Kier alpha value is -0.540. The van der Waals surface area contributed by atoms with Crippen molar-refractivity contribution in [2.24, 2.45) is 5.92 Å². The molecule has 0 N–H and O–H groups in total. The Bertz CT molecular complexity index is 182. The van der Waals surface area contributed by atoms with Crippen LogP contribution in [-0.4, -0.2) is 12.3 Å². The molecular weight excluding hydrogens is 172 g/mol. The van der Waals surface area contributed by atoms with Gasteiger partial charge in [-0.05, 0) is 19.3 Å². The average Bonchev–Trinajstić information content (AvgIpc) is 1.82. The van der Waals surface area contributed by atoms with Crippen LogP contribution in [0.1, 0.15) is 19.3 Å². The SMILES string of the molecule is C=C1CCCC(F)C1C(F)(F)F. The molecule has 0 aliphatic heterocycles. The van der Waals surface area contributed by atoms with Crippen LogP contribution in [0.5, 0.6) is 0 Å². The van der Waals surface area contributed by atoms with Gasteiger partial charge in [-0.1, -0.05) is 12.2 Å². The van der Waals surface area contributed by atoms with Crippen molar-refractivity contribution in [3.8, 4) is 0 Å². The van der Waals surface area contributed by atoms with E-state index in [9.17, 15) is 17.6 Å². The van der Waals surface area contributed by atoms with Crippen LogP contribution >= 0.6 is 0 Å². The highest BCUT2D eigenvalue weighted by Gasteiger charge is 2.47. The zero-order valence-corrected chi connectivity index (χ0v) is 6.49. The summed E-state index contributed by atoms with van der Waals surface area (Å²) in [4.78, 5) is 0. The van der Waals surface area contributed by atoms with Crippen molar-refractivity contribution in [3.05, 3.63) is 12.2 Å². The molecule has 0 aromatic heterocycles. The molecule has 0 spiro atoms. The van der Waals surface area contributed by atoms with Crippen LogP contribution < -0.4 is 0 Å². The van der Waals surface area contributed by atoms with Gasteiger partial charge in [-0.3, -0.25) is 0 Å². The summed E-state index contributed by atoms with van der Waals surface area (Å²) in [7, 11) is 0. The van der Waals surface area contributed by atoms with Gasteiger partial charge in [0, 0.05) is 0 Å². The summed E-state index contributed by atoms with van der Waals surface area (Å²) in [6.07, 6.45) is -5.47. The van der Waals surface area contributed by atoms with Gasteiger partial charge >= 0.3 is 6.18 Å². The molecule has 0 radical (unpaired) electrons. The van der Waals surface area contributed by atoms with E-state index in [1.165, 1.54) is 0 Å². The Kier molecular flexibility index (Phi) is 2.44. The van der Waals surface area contributed by atoms with E-state index in [2.05, 4.69) is 6.58 Å². The second-order valence-corrected chi connectivity index (χ2v) is 3.09. The van der Waals surface area contributed by atoms with Crippen molar-refractivity contribution in [3.63, 3.8) is 0 Å². The molecule has 1 saturated carbocycles. The third-order valence-electron chi connectivity index (χ3n) is 2.13. The first-order valence-electron chi connectivity index (χ1n) is 3.81. The van der Waals surface area contributed by atoms with E-state index in [0.717, 1.165) is 0 Å². The van der Waals surface area contributed by atoms with E-state index in [4.69, 9.17) is 0 Å². The number of alkyl halides is 4. The fourth-order valence-electron chi connectivity index (χ4n) is 1.54. The molecule has 0 aromatic rings. The van der Waals surface area contributed by atoms with Gasteiger partial charge in [0.25, 0.3) is 0 Å². The highest BCUT2D eigenvalue weighted by molar-refractivity contribution is 5.09. The molecule has 70 valence electrons. The summed E-state index contributed by atoms with van der Waals surface area (Å²) in [6.45, 7) is 3.25. The maximum absolute atomic E-state index is 12.8. The summed E-state index contributed by atoms with van der Waals surface area (Å²) in [5.41, 5.74) is -0.0127. The molecule has 0 amide bonds. The Labute approximate surface area is 68.3 Å². The van der Waals surface area contributed by atoms with Gasteiger partial charge in [0.1, 0.15) is 12.1 Å². The average molecular weight is 182 g/mol. The number of halogens is 4. The van der Waals surface area contributed by atoms with E-state index in [1.54, 1.807) is 0 Å². The molecule has 12 heavy (non-hydrogen) atoms. The standard InChI is InChI=1S/C8H10F4/c1-5-3-2-4-6(9)7(5)8(10,11)12/h6-7H,1-4H2. The van der Waals surface area contributed by atoms with Gasteiger partial charge in [0.2, 0.25) is 0 Å². The van der Waals surface area contributed by atoms with Crippen LogP contribution in [0.3, 0.4) is 0 Å². The van der Waals surface area contributed by atoms with Crippen molar-refractivity contribution in [1.82, 2.24) is 0 Å². The first-order valence-corrected chi connectivity index (χ1v) is 3.81. The molecule has 0 nitrogen and oxygen atoms in total. The van der Waals surface area contributed by atoms with Crippen molar-refractivity contribution >= 4 is 0 Å². The third-order valence-corrected chi connectivity index (χ3v) is 2.13. The minimum absolute atomic E-state index is 0.00317. The smallest absolute Gasteiger partial charge is 0.246 e. The topological polar surface area (TPSA) is 0 Å². The van der Waals surface area contributed by atoms with Crippen LogP contribution in [0.15, 0.2) is 12.2 Å². The quantitative estimate of drug-likeness (QED) is 0.398. The summed E-state index contributed by atoms with van der Waals surface area (Å²) in [5, 5.41) is 0. The molecule has 2 atom stereocenters. The predicted molar refractivity (Wildman–Crippen MR) is 37.4 cm³/mol. The monoisotopic (exact) mass is 182 g/mol. The van der Waals surface area contributed by atoms with Crippen LogP contribution in [0.25, 0.3) is 0 Å². The lowest BCUT2D eigenvalue weighted by Gasteiger charge is -2.29. The van der Waals surface area contributed by atoms with Gasteiger partial charge in [0.15, 0.2) is 0 Å². The lowest BCUT2D eigenvalue weighted by Crippen LogP contribution is -2.35. The van der Waals surface area contributed by atoms with Gasteiger partial charge in [-0.25, -0.2) is 4.39 Å². The Morgan fingerprint density at radius 2 is 1.92 bits per heavy atom. The highest BCUT2D eigenvalue weighted by Crippen LogP contribution is 2.41. The molecule has 0 aromatic carbocycles. The summed E-state index contributed by atoms with van der Waals surface area (Å²) < 4.78 is 49.2. The van der Waals surface area contributed by atoms with Crippen molar-refractivity contribution in [1.29, 1.82) is 0 Å². The summed E-state index contributed by atoms with van der Waals surface area (Å²) >= 11 is 0. The molecule has 1 aliphatic carbocycles. The van der Waals surface area contributed by atoms with E-state index in [0.29, 0.717) is 12.8 Å². The lowest BCUT2D eigenvalue weighted by molar-refractivity contribution is -0.183. The van der Waals surface area contributed by atoms with Gasteiger partial charge in [-0.2, -0.15) is 13.2 Å². The second-order valence-electron chi connectivity index (χ2n) is 3.09. The fourth-order valence-corrected chi connectivity index (χ4v) is 1.54. The third kappa shape index (κ3) is 1.79. The second kappa shape index (κ2) is 3.07. The Morgan fingerprint density at radius 3 is 2.25 bits per heavy atom. The zero-order valence-electron chi connectivity index (χ0n) is 6.49. The van der Waals surface area contributed by atoms with Crippen molar-refractivity contribution in [2.45, 2.75) is 31.6 Å². The van der Waals surface area contributed by atoms with Crippen LogP contribution in [-0.2, 0) is 0 Å². The number of hydrogen-bond acceptors (Lipinski definition) is 0. The molecule has 0 bridgehead atoms. The minimum Gasteiger partial charge on any atom is -0.246 e. The fraction of sp³-hybridized carbons (Fsp3) is 0.750. The molecule has 1 rings (SSSR count). The molecule has 1 aliphatic rings. The molecular formula is C8H10F4. The summed E-state index contributed by atoms with van der Waals surface area (Å²) in [6, 6.07) is 0. The van der Waals surface area contributed by atoms with Gasteiger partial charge in [0.05, 0.1) is 0 Å². The molecule has 4 heteroatoms. The Morgan fingerprint density at radius 1 is 1.33 bits per heavy atom. The number of rotatable bonds is 0.